The number of hydrogen-bond donors (Lipinski definition) is 0. The highest BCUT2D eigenvalue weighted by atomic mass is 32.2. The van der Waals surface area contributed by atoms with Crippen LogP contribution in [0.5, 0.6) is 0 Å². The molecule has 1 aromatic carbocycles. The molecule has 1 rings (SSSR count). The van der Waals surface area contributed by atoms with Gasteiger partial charge in [-0.1, -0.05) is 30.3 Å². The number of carbonyl (C=O) groups excluding carboxylic acids is 2. The smallest absolute Gasteiger partial charge is 0.330 e. The summed E-state index contributed by atoms with van der Waals surface area (Å²) in [6.07, 6.45) is 1.58. The van der Waals surface area contributed by atoms with Crippen LogP contribution in [0.3, 0.4) is 0 Å². The summed E-state index contributed by atoms with van der Waals surface area (Å²) in [6, 6.07) is 9.15. The quantitative estimate of drug-likeness (QED) is 0.402. The summed E-state index contributed by atoms with van der Waals surface area (Å²) < 4.78 is 41.2. The average molecular weight is 357 g/mol. The molecule has 0 aliphatic carbocycles. The number of ether oxygens (including phenoxy) is 1. The Bertz CT molecular complexity index is 688. The molecule has 6 nitrogen and oxygen atoms in total. The molecular weight excluding hydrogens is 337 g/mol. The van der Waals surface area contributed by atoms with Gasteiger partial charge in [0.25, 0.3) is 5.91 Å². The van der Waals surface area contributed by atoms with E-state index in [1.54, 1.807) is 6.08 Å². The Hall–Kier alpha value is -2.22. The number of rotatable bonds is 8. The number of halogens is 1. The lowest BCUT2D eigenvalue weighted by molar-refractivity contribution is -0.137. The predicted octanol–water partition coefficient (Wildman–Crippen LogP) is 1.78. The lowest BCUT2D eigenvalue weighted by Gasteiger charge is -2.16. The van der Waals surface area contributed by atoms with Crippen LogP contribution in [0, 0.1) is 0 Å². The molecule has 1 amide bonds. The van der Waals surface area contributed by atoms with Crippen molar-refractivity contribution in [2.45, 2.75) is 19.0 Å². The van der Waals surface area contributed by atoms with Crippen molar-refractivity contribution < 1.29 is 27.1 Å². The lowest BCUT2D eigenvalue weighted by atomic mass is 10.2. The highest BCUT2D eigenvalue weighted by Crippen LogP contribution is 2.09. The summed E-state index contributed by atoms with van der Waals surface area (Å²) in [4.78, 5) is 23.0. The van der Waals surface area contributed by atoms with Crippen LogP contribution in [0.2, 0.25) is 0 Å². The molecule has 0 saturated carbocycles. The first kappa shape index (κ1) is 19.8. The number of esters is 1. The minimum absolute atomic E-state index is 0.0613. The van der Waals surface area contributed by atoms with Crippen molar-refractivity contribution in [3.8, 4) is 0 Å². The van der Waals surface area contributed by atoms with E-state index < -0.39 is 28.1 Å². The van der Waals surface area contributed by atoms with Crippen molar-refractivity contribution in [2.24, 2.45) is 0 Å². The van der Waals surface area contributed by atoms with Crippen LogP contribution in [-0.2, 0) is 24.3 Å². The number of carbonyl (C=O) groups is 2. The molecule has 8 heteroatoms. The zero-order chi connectivity index (χ0) is 18.2. The zero-order valence-corrected chi connectivity index (χ0v) is 14.3. The van der Waals surface area contributed by atoms with Crippen LogP contribution in [-0.4, -0.2) is 50.7 Å². The summed E-state index contributed by atoms with van der Waals surface area (Å²) in [5.41, 5.74) is 0.840. The van der Waals surface area contributed by atoms with Crippen LogP contribution < -0.4 is 0 Å². The molecule has 0 aromatic heterocycles. The van der Waals surface area contributed by atoms with E-state index in [4.69, 9.17) is 4.74 Å². The molecule has 0 spiro atoms. The van der Waals surface area contributed by atoms with Crippen LogP contribution in [0.15, 0.2) is 36.4 Å². The molecule has 0 N–H and O–H groups in total. The van der Waals surface area contributed by atoms with Gasteiger partial charge in [-0.25, -0.2) is 21.9 Å². The summed E-state index contributed by atoms with van der Waals surface area (Å²) >= 11 is 0. The van der Waals surface area contributed by atoms with E-state index >= 15 is 0 Å². The van der Waals surface area contributed by atoms with Gasteiger partial charge < -0.3 is 4.74 Å². The summed E-state index contributed by atoms with van der Waals surface area (Å²) in [5, 5.41) is 0. The molecule has 132 valence electrons. The average Bonchev–Trinajstić information content (AvgIpc) is 2.55. The molecule has 0 aliphatic rings. The van der Waals surface area contributed by atoms with Crippen LogP contribution >= 0.6 is 0 Å². The Labute approximate surface area is 141 Å². The third-order valence-electron chi connectivity index (χ3n) is 3.13. The Morgan fingerprint density at radius 1 is 1.29 bits per heavy atom. The predicted molar refractivity (Wildman–Crippen MR) is 88.2 cm³/mol. The van der Waals surface area contributed by atoms with Crippen LogP contribution in [0.25, 0.3) is 6.08 Å². The molecule has 0 fully saturated rings. The van der Waals surface area contributed by atoms with E-state index in [1.165, 1.54) is 6.08 Å². The lowest BCUT2D eigenvalue weighted by Crippen LogP contribution is -2.38. The van der Waals surface area contributed by atoms with Gasteiger partial charge in [-0.15, -0.1) is 0 Å². The molecule has 1 atom stereocenters. The van der Waals surface area contributed by atoms with Gasteiger partial charge in [-0.05, 0) is 24.5 Å². The van der Waals surface area contributed by atoms with E-state index in [0.29, 0.717) is 4.31 Å². The van der Waals surface area contributed by atoms with Crippen molar-refractivity contribution in [2.75, 3.05) is 19.9 Å². The van der Waals surface area contributed by atoms with E-state index in [0.717, 1.165) is 18.9 Å². The first-order valence-electron chi connectivity index (χ1n) is 7.23. The standard InChI is InChI=1S/C16H20FNO5S/c1-18(24(2,21)22)16(20)14(17)9-6-12-23-15(19)11-10-13-7-4-3-5-8-13/h3-5,7-8,10-11,14H,6,9,12H2,1-2H3/b11-10+. The SMILES string of the molecule is CN(C(=O)C(F)CCCOC(=O)/C=C/c1ccccc1)S(C)(=O)=O. The highest BCUT2D eigenvalue weighted by molar-refractivity contribution is 7.88. The van der Waals surface area contributed by atoms with E-state index in [1.807, 2.05) is 30.3 Å². The number of sulfonamides is 1. The molecule has 24 heavy (non-hydrogen) atoms. The van der Waals surface area contributed by atoms with E-state index in [2.05, 4.69) is 0 Å². The van der Waals surface area contributed by atoms with Crippen molar-refractivity contribution in [1.29, 1.82) is 0 Å². The molecular formula is C16H20FNO5S. The molecule has 0 radical (unpaired) electrons. The Kier molecular flexibility index (Phi) is 7.57. The Morgan fingerprint density at radius 3 is 2.50 bits per heavy atom. The van der Waals surface area contributed by atoms with Crippen molar-refractivity contribution in [3.63, 3.8) is 0 Å². The normalized spacial score (nSPS) is 12.8. The van der Waals surface area contributed by atoms with Crippen LogP contribution in [0.1, 0.15) is 18.4 Å². The number of nitrogens with zero attached hydrogens (tertiary/aromatic N) is 1. The molecule has 0 bridgehead atoms. The first-order chi connectivity index (χ1) is 11.2. The summed E-state index contributed by atoms with van der Waals surface area (Å²) in [6.45, 7) is -0.0613. The maximum absolute atomic E-state index is 13.7. The highest BCUT2D eigenvalue weighted by Gasteiger charge is 2.26. The second kappa shape index (κ2) is 9.17. The van der Waals surface area contributed by atoms with Gasteiger partial charge in [0.1, 0.15) is 0 Å². The molecule has 0 saturated heterocycles. The molecule has 1 unspecified atom stereocenters. The minimum Gasteiger partial charge on any atom is -0.463 e. The van der Waals surface area contributed by atoms with Crippen molar-refractivity contribution in [3.05, 3.63) is 42.0 Å². The maximum atomic E-state index is 13.7. The van der Waals surface area contributed by atoms with Crippen molar-refractivity contribution in [1.82, 2.24) is 4.31 Å². The van der Waals surface area contributed by atoms with Gasteiger partial charge in [-0.3, -0.25) is 4.79 Å². The third-order valence-corrected chi connectivity index (χ3v) is 4.31. The van der Waals surface area contributed by atoms with E-state index in [-0.39, 0.29) is 19.4 Å². The fourth-order valence-corrected chi connectivity index (χ4v) is 2.14. The van der Waals surface area contributed by atoms with Gasteiger partial charge in [-0.2, -0.15) is 0 Å². The largest absolute Gasteiger partial charge is 0.463 e. The molecule has 1 aromatic rings. The van der Waals surface area contributed by atoms with Crippen LogP contribution in [0.4, 0.5) is 4.39 Å². The Morgan fingerprint density at radius 2 is 1.92 bits per heavy atom. The molecule has 0 aliphatic heterocycles. The van der Waals surface area contributed by atoms with Crippen molar-refractivity contribution >= 4 is 28.0 Å². The van der Waals surface area contributed by atoms with Gasteiger partial charge in [0.15, 0.2) is 6.17 Å². The van der Waals surface area contributed by atoms with Gasteiger partial charge in [0.05, 0.1) is 12.9 Å². The van der Waals surface area contributed by atoms with Gasteiger partial charge in [0.2, 0.25) is 10.0 Å². The minimum atomic E-state index is -3.78. The maximum Gasteiger partial charge on any atom is 0.330 e. The van der Waals surface area contributed by atoms with E-state index in [9.17, 15) is 22.4 Å². The monoisotopic (exact) mass is 357 g/mol. The third kappa shape index (κ3) is 6.91. The molecule has 0 heterocycles. The number of alkyl halides is 1. The fraction of sp³-hybridized carbons (Fsp3) is 0.375. The number of amides is 1. The second-order valence-corrected chi connectivity index (χ2v) is 7.10. The first-order valence-corrected chi connectivity index (χ1v) is 9.08. The fourth-order valence-electron chi connectivity index (χ4n) is 1.70. The zero-order valence-electron chi connectivity index (χ0n) is 13.5. The van der Waals surface area contributed by atoms with Gasteiger partial charge >= 0.3 is 5.97 Å². The second-order valence-electron chi connectivity index (χ2n) is 5.09. The number of hydrogen-bond acceptors (Lipinski definition) is 5. The summed E-state index contributed by atoms with van der Waals surface area (Å²) in [7, 11) is -2.78. The summed E-state index contributed by atoms with van der Waals surface area (Å²) in [5.74, 6) is -1.71. The van der Waals surface area contributed by atoms with Gasteiger partial charge in [0, 0.05) is 13.1 Å². The Balaban J connectivity index is 2.31. The number of benzene rings is 1. The topological polar surface area (TPSA) is 80.8 Å².